The molecule has 0 radical (unpaired) electrons. The van der Waals surface area contributed by atoms with E-state index in [1.807, 2.05) is 54.6 Å². The van der Waals surface area contributed by atoms with Gasteiger partial charge in [-0.3, -0.25) is 10.0 Å². The highest BCUT2D eigenvalue weighted by Crippen LogP contribution is 2.26. The fraction of sp³-hybridized carbons (Fsp3) is 0.278. The number of carbonyl (C=O) groups excluding carboxylic acids is 1. The van der Waals surface area contributed by atoms with Crippen molar-refractivity contribution in [2.45, 2.75) is 25.4 Å². The predicted molar refractivity (Wildman–Crippen MR) is 93.3 cm³/mol. The van der Waals surface area contributed by atoms with Gasteiger partial charge in [0.15, 0.2) is 0 Å². The Bertz CT molecular complexity index is 852. The molecule has 1 aliphatic rings. The largest absolute Gasteiger partial charge is 0.289 e. The topological polar surface area (TPSA) is 86.7 Å². The molecular formula is C18H20N2O4S. The summed E-state index contributed by atoms with van der Waals surface area (Å²) in [5.74, 6) is -0.799. The van der Waals surface area contributed by atoms with E-state index >= 15 is 0 Å². The molecule has 0 fully saturated rings. The zero-order valence-electron chi connectivity index (χ0n) is 13.6. The Morgan fingerprint density at radius 2 is 1.72 bits per heavy atom. The Kier molecular flexibility index (Phi) is 5.17. The van der Waals surface area contributed by atoms with Gasteiger partial charge in [-0.05, 0) is 29.5 Å². The SMILES string of the molecule is O=C(NO)C1Cc2ccccc2CN1S(=O)(=O)CCc1ccccc1. The smallest absolute Gasteiger partial charge is 0.262 e. The third kappa shape index (κ3) is 3.89. The minimum absolute atomic E-state index is 0.0889. The molecule has 0 aromatic heterocycles. The maximum Gasteiger partial charge on any atom is 0.262 e. The maximum absolute atomic E-state index is 12.9. The predicted octanol–water partition coefficient (Wildman–Crippen LogP) is 1.49. The number of fused-ring (bicyclic) bond motifs is 1. The van der Waals surface area contributed by atoms with Crippen molar-refractivity contribution < 1.29 is 18.4 Å². The van der Waals surface area contributed by atoms with Crippen LogP contribution in [0.25, 0.3) is 0 Å². The summed E-state index contributed by atoms with van der Waals surface area (Å²) >= 11 is 0. The van der Waals surface area contributed by atoms with E-state index in [9.17, 15) is 13.2 Å². The molecule has 0 aliphatic carbocycles. The van der Waals surface area contributed by atoms with Gasteiger partial charge in [-0.15, -0.1) is 0 Å². The highest BCUT2D eigenvalue weighted by molar-refractivity contribution is 7.89. The summed E-state index contributed by atoms with van der Waals surface area (Å²) < 4.78 is 26.9. The van der Waals surface area contributed by atoms with Crippen LogP contribution in [0.15, 0.2) is 54.6 Å². The summed E-state index contributed by atoms with van der Waals surface area (Å²) in [6.45, 7) is 0.130. The van der Waals surface area contributed by atoms with E-state index in [1.54, 1.807) is 5.48 Å². The lowest BCUT2D eigenvalue weighted by molar-refractivity contribution is -0.133. The molecule has 1 heterocycles. The number of hydrogen-bond donors (Lipinski definition) is 2. The van der Waals surface area contributed by atoms with Crippen LogP contribution in [-0.2, 0) is 34.2 Å². The molecule has 0 bridgehead atoms. The number of amides is 1. The van der Waals surface area contributed by atoms with Crippen LogP contribution in [0.4, 0.5) is 0 Å². The molecule has 1 amide bonds. The van der Waals surface area contributed by atoms with Crippen LogP contribution in [0.3, 0.4) is 0 Å². The number of hydroxylamine groups is 1. The zero-order chi connectivity index (χ0) is 17.9. The van der Waals surface area contributed by atoms with Gasteiger partial charge in [0.2, 0.25) is 10.0 Å². The van der Waals surface area contributed by atoms with Crippen LogP contribution in [0.2, 0.25) is 0 Å². The molecule has 1 unspecified atom stereocenters. The second-order valence-electron chi connectivity index (χ2n) is 6.06. The van der Waals surface area contributed by atoms with E-state index in [1.165, 1.54) is 4.31 Å². The van der Waals surface area contributed by atoms with Crippen LogP contribution < -0.4 is 5.48 Å². The van der Waals surface area contributed by atoms with E-state index in [0.717, 1.165) is 16.7 Å². The number of rotatable bonds is 5. The van der Waals surface area contributed by atoms with Crippen LogP contribution in [-0.4, -0.2) is 35.6 Å². The average Bonchev–Trinajstić information content (AvgIpc) is 2.65. The lowest BCUT2D eigenvalue weighted by Crippen LogP contribution is -2.52. The maximum atomic E-state index is 12.9. The van der Waals surface area contributed by atoms with E-state index in [-0.39, 0.29) is 18.7 Å². The number of hydrogen-bond acceptors (Lipinski definition) is 4. The van der Waals surface area contributed by atoms with Crippen molar-refractivity contribution in [2.24, 2.45) is 0 Å². The number of nitrogens with one attached hydrogen (secondary N) is 1. The van der Waals surface area contributed by atoms with Crippen molar-refractivity contribution in [1.29, 1.82) is 0 Å². The van der Waals surface area contributed by atoms with Crippen molar-refractivity contribution in [3.05, 3.63) is 71.3 Å². The Balaban J connectivity index is 1.85. The van der Waals surface area contributed by atoms with E-state index in [4.69, 9.17) is 5.21 Å². The number of carbonyl (C=O) groups is 1. The van der Waals surface area contributed by atoms with Gasteiger partial charge < -0.3 is 0 Å². The van der Waals surface area contributed by atoms with E-state index < -0.39 is 22.0 Å². The van der Waals surface area contributed by atoms with Crippen molar-refractivity contribution >= 4 is 15.9 Å². The van der Waals surface area contributed by atoms with Gasteiger partial charge in [-0.2, -0.15) is 4.31 Å². The Morgan fingerprint density at radius 1 is 1.08 bits per heavy atom. The van der Waals surface area contributed by atoms with E-state index in [0.29, 0.717) is 6.42 Å². The fourth-order valence-corrected chi connectivity index (χ4v) is 4.72. The summed E-state index contributed by atoms with van der Waals surface area (Å²) in [7, 11) is -3.67. The molecule has 7 heteroatoms. The Labute approximate surface area is 147 Å². The molecule has 1 atom stereocenters. The van der Waals surface area contributed by atoms with E-state index in [2.05, 4.69) is 0 Å². The quantitative estimate of drug-likeness (QED) is 0.625. The normalized spacial score (nSPS) is 17.7. The summed E-state index contributed by atoms with van der Waals surface area (Å²) in [5.41, 5.74) is 4.32. The van der Waals surface area contributed by atoms with Crippen LogP contribution in [0.5, 0.6) is 0 Å². The van der Waals surface area contributed by atoms with Crippen molar-refractivity contribution in [2.75, 3.05) is 5.75 Å². The molecular weight excluding hydrogens is 340 g/mol. The minimum atomic E-state index is -3.67. The van der Waals surface area contributed by atoms with Gasteiger partial charge in [-0.25, -0.2) is 13.9 Å². The van der Waals surface area contributed by atoms with Gasteiger partial charge in [0, 0.05) is 6.54 Å². The van der Waals surface area contributed by atoms with Crippen LogP contribution >= 0.6 is 0 Å². The Morgan fingerprint density at radius 3 is 2.40 bits per heavy atom. The second-order valence-corrected chi connectivity index (χ2v) is 8.10. The molecule has 2 aromatic rings. The van der Waals surface area contributed by atoms with Gasteiger partial charge >= 0.3 is 0 Å². The molecule has 25 heavy (non-hydrogen) atoms. The first-order valence-electron chi connectivity index (χ1n) is 8.05. The first-order chi connectivity index (χ1) is 12.0. The van der Waals surface area contributed by atoms with Crippen LogP contribution in [0, 0.1) is 0 Å². The molecule has 3 rings (SSSR count). The summed E-state index contributed by atoms with van der Waals surface area (Å²) in [6, 6.07) is 15.8. The molecule has 1 aliphatic heterocycles. The molecule has 0 saturated heterocycles. The van der Waals surface area contributed by atoms with Crippen LogP contribution in [0.1, 0.15) is 16.7 Å². The number of aryl methyl sites for hydroxylation is 1. The third-order valence-corrected chi connectivity index (χ3v) is 6.29. The van der Waals surface area contributed by atoms with Crippen molar-refractivity contribution in [1.82, 2.24) is 9.79 Å². The van der Waals surface area contributed by atoms with Gasteiger partial charge in [0.1, 0.15) is 6.04 Å². The van der Waals surface area contributed by atoms with Crippen molar-refractivity contribution in [3.8, 4) is 0 Å². The first-order valence-corrected chi connectivity index (χ1v) is 9.66. The molecule has 0 saturated carbocycles. The third-order valence-electron chi connectivity index (χ3n) is 4.47. The molecule has 2 aromatic carbocycles. The minimum Gasteiger partial charge on any atom is -0.289 e. The molecule has 6 nitrogen and oxygen atoms in total. The summed E-state index contributed by atoms with van der Waals surface area (Å²) in [5, 5.41) is 9.01. The van der Waals surface area contributed by atoms with Gasteiger partial charge in [0.25, 0.3) is 5.91 Å². The lowest BCUT2D eigenvalue weighted by atomic mass is 9.95. The highest BCUT2D eigenvalue weighted by atomic mass is 32.2. The standard InChI is InChI=1S/C18H20N2O4S/c21-18(19-22)17-12-15-8-4-5-9-16(15)13-20(17)25(23,24)11-10-14-6-2-1-3-7-14/h1-9,17,22H,10-13H2,(H,19,21). The summed E-state index contributed by atoms with van der Waals surface area (Å²) in [4.78, 5) is 12.0. The molecule has 2 N–H and O–H groups in total. The first kappa shape index (κ1) is 17.6. The van der Waals surface area contributed by atoms with Gasteiger partial charge in [0.05, 0.1) is 5.75 Å². The fourth-order valence-electron chi connectivity index (χ4n) is 3.10. The highest BCUT2D eigenvalue weighted by Gasteiger charge is 2.38. The van der Waals surface area contributed by atoms with Gasteiger partial charge in [-0.1, -0.05) is 54.6 Å². The average molecular weight is 360 g/mol. The lowest BCUT2D eigenvalue weighted by Gasteiger charge is -2.34. The monoisotopic (exact) mass is 360 g/mol. The second kappa shape index (κ2) is 7.35. The number of benzene rings is 2. The van der Waals surface area contributed by atoms with Crippen molar-refractivity contribution in [3.63, 3.8) is 0 Å². The number of sulfonamides is 1. The Hall–Kier alpha value is -2.22. The molecule has 132 valence electrons. The summed E-state index contributed by atoms with van der Waals surface area (Å²) in [6.07, 6.45) is 0.613. The molecule has 0 spiro atoms. The zero-order valence-corrected chi connectivity index (χ0v) is 14.4. The number of nitrogens with zero attached hydrogens (tertiary/aromatic N) is 1.